The molecule has 1 unspecified atom stereocenters. The molecule has 0 aliphatic carbocycles. The van der Waals surface area contributed by atoms with Crippen LogP contribution in [0.15, 0.2) is 0 Å². The number of hydrogen-bond acceptors (Lipinski definition) is 6. The highest BCUT2D eigenvalue weighted by Gasteiger charge is 2.24. The van der Waals surface area contributed by atoms with Crippen LogP contribution < -0.4 is 10.6 Å². The Balaban J connectivity index is 2.93. The molecule has 0 radical (unpaired) electrons. The molecule has 0 saturated carbocycles. The standard InChI is InChI=1S/C13H24N4O2S/c1-6-17(7-2)13-15-11(14)10(20-13)12(18)16(4)9(3)8-19-5/h9H,6-8,14H2,1-5H3. The molecule has 0 aliphatic rings. The first-order valence-electron chi connectivity index (χ1n) is 6.73. The second kappa shape index (κ2) is 7.44. The van der Waals surface area contributed by atoms with Crippen LogP contribution in [0.25, 0.3) is 0 Å². The van der Waals surface area contributed by atoms with Crippen LogP contribution in [-0.2, 0) is 4.74 Å². The van der Waals surface area contributed by atoms with Crippen LogP contribution in [0, 0.1) is 0 Å². The molecule has 1 aromatic heterocycles. The number of aromatic nitrogens is 1. The topological polar surface area (TPSA) is 71.7 Å². The molecule has 114 valence electrons. The Bertz CT molecular complexity index is 446. The zero-order valence-electron chi connectivity index (χ0n) is 12.8. The Morgan fingerprint density at radius 1 is 1.45 bits per heavy atom. The summed E-state index contributed by atoms with van der Waals surface area (Å²) < 4.78 is 5.07. The molecular weight excluding hydrogens is 276 g/mol. The molecule has 1 rings (SSSR count). The van der Waals surface area contributed by atoms with Gasteiger partial charge in [0.05, 0.1) is 12.6 Å². The Kier molecular flexibility index (Phi) is 6.22. The molecule has 7 heteroatoms. The van der Waals surface area contributed by atoms with Crippen LogP contribution in [0.1, 0.15) is 30.4 Å². The molecular formula is C13H24N4O2S. The fraction of sp³-hybridized carbons (Fsp3) is 0.692. The van der Waals surface area contributed by atoms with E-state index in [4.69, 9.17) is 10.5 Å². The van der Waals surface area contributed by atoms with Gasteiger partial charge in [0.1, 0.15) is 10.7 Å². The average Bonchev–Trinajstić information content (AvgIpc) is 2.80. The molecule has 0 saturated heterocycles. The summed E-state index contributed by atoms with van der Waals surface area (Å²) in [5.74, 6) is 0.196. The van der Waals surface area contributed by atoms with E-state index in [1.54, 1.807) is 19.1 Å². The largest absolute Gasteiger partial charge is 0.383 e. The van der Waals surface area contributed by atoms with Crippen molar-refractivity contribution in [1.82, 2.24) is 9.88 Å². The number of nitrogens with zero attached hydrogens (tertiary/aromatic N) is 3. The Hall–Kier alpha value is -1.34. The van der Waals surface area contributed by atoms with Gasteiger partial charge in [-0.2, -0.15) is 0 Å². The highest BCUT2D eigenvalue weighted by atomic mass is 32.1. The lowest BCUT2D eigenvalue weighted by Gasteiger charge is -2.23. The summed E-state index contributed by atoms with van der Waals surface area (Å²) in [4.78, 5) is 21.0. The first-order chi connectivity index (χ1) is 9.46. The second-order valence-electron chi connectivity index (χ2n) is 4.60. The highest BCUT2D eigenvalue weighted by Crippen LogP contribution is 2.29. The van der Waals surface area contributed by atoms with E-state index in [0.29, 0.717) is 17.3 Å². The fourth-order valence-corrected chi connectivity index (χ4v) is 2.91. The van der Waals surface area contributed by atoms with Gasteiger partial charge in [0, 0.05) is 27.2 Å². The predicted molar refractivity (Wildman–Crippen MR) is 83.5 cm³/mol. The molecule has 0 fully saturated rings. The number of amides is 1. The summed E-state index contributed by atoms with van der Waals surface area (Å²) in [7, 11) is 3.37. The lowest BCUT2D eigenvalue weighted by Crippen LogP contribution is -2.37. The van der Waals surface area contributed by atoms with E-state index in [2.05, 4.69) is 23.7 Å². The third-order valence-corrected chi connectivity index (χ3v) is 4.38. The van der Waals surface area contributed by atoms with E-state index >= 15 is 0 Å². The highest BCUT2D eigenvalue weighted by molar-refractivity contribution is 7.18. The molecule has 0 spiro atoms. The zero-order chi connectivity index (χ0) is 15.3. The molecule has 0 aromatic carbocycles. The number of ether oxygens (including phenoxy) is 1. The van der Waals surface area contributed by atoms with Gasteiger partial charge >= 0.3 is 0 Å². The van der Waals surface area contributed by atoms with Crippen LogP contribution >= 0.6 is 11.3 Å². The summed E-state index contributed by atoms with van der Waals surface area (Å²) >= 11 is 1.35. The van der Waals surface area contributed by atoms with E-state index in [0.717, 1.165) is 18.2 Å². The van der Waals surface area contributed by atoms with Crippen LogP contribution in [0.3, 0.4) is 0 Å². The minimum absolute atomic E-state index is 0.00842. The smallest absolute Gasteiger partial charge is 0.267 e. The number of methoxy groups -OCH3 is 1. The van der Waals surface area contributed by atoms with Gasteiger partial charge in [0.15, 0.2) is 5.13 Å². The average molecular weight is 300 g/mol. The first kappa shape index (κ1) is 16.7. The van der Waals surface area contributed by atoms with Crippen molar-refractivity contribution in [3.05, 3.63) is 4.88 Å². The number of thiazole rings is 1. The van der Waals surface area contributed by atoms with E-state index in [9.17, 15) is 4.79 Å². The zero-order valence-corrected chi connectivity index (χ0v) is 13.7. The Labute approximate surface area is 124 Å². The van der Waals surface area contributed by atoms with Gasteiger partial charge in [-0.1, -0.05) is 11.3 Å². The lowest BCUT2D eigenvalue weighted by atomic mass is 10.3. The number of hydrogen-bond donors (Lipinski definition) is 1. The monoisotopic (exact) mass is 300 g/mol. The minimum Gasteiger partial charge on any atom is -0.383 e. The maximum absolute atomic E-state index is 12.4. The van der Waals surface area contributed by atoms with Crippen LogP contribution in [0.4, 0.5) is 10.9 Å². The summed E-state index contributed by atoms with van der Waals surface area (Å²) in [6.07, 6.45) is 0. The SMILES string of the molecule is CCN(CC)c1nc(N)c(C(=O)N(C)C(C)COC)s1. The Morgan fingerprint density at radius 3 is 2.55 bits per heavy atom. The van der Waals surface area contributed by atoms with Crippen LogP contribution in [0.2, 0.25) is 0 Å². The van der Waals surface area contributed by atoms with E-state index in [-0.39, 0.29) is 11.9 Å². The van der Waals surface area contributed by atoms with Gasteiger partial charge in [-0.25, -0.2) is 4.98 Å². The number of nitrogens with two attached hydrogens (primary N) is 1. The van der Waals surface area contributed by atoms with Gasteiger partial charge in [0.2, 0.25) is 0 Å². The summed E-state index contributed by atoms with van der Waals surface area (Å²) in [5, 5.41) is 0.795. The summed E-state index contributed by atoms with van der Waals surface area (Å²) in [6.45, 7) is 8.21. The Morgan fingerprint density at radius 2 is 2.05 bits per heavy atom. The first-order valence-corrected chi connectivity index (χ1v) is 7.55. The molecule has 1 atom stereocenters. The van der Waals surface area contributed by atoms with Gasteiger partial charge in [-0.05, 0) is 20.8 Å². The van der Waals surface area contributed by atoms with Gasteiger partial charge in [0.25, 0.3) is 5.91 Å². The molecule has 1 heterocycles. The number of nitrogen functional groups attached to an aromatic ring is 1. The lowest BCUT2D eigenvalue weighted by molar-refractivity contribution is 0.0639. The molecule has 1 amide bonds. The number of rotatable bonds is 7. The van der Waals surface area contributed by atoms with Crippen molar-refractivity contribution < 1.29 is 9.53 Å². The number of anilines is 2. The van der Waals surface area contributed by atoms with Crippen LogP contribution in [-0.4, -0.2) is 55.7 Å². The van der Waals surface area contributed by atoms with Crippen LogP contribution in [0.5, 0.6) is 0 Å². The summed E-state index contributed by atoms with van der Waals surface area (Å²) in [5.41, 5.74) is 5.90. The maximum Gasteiger partial charge on any atom is 0.267 e. The molecule has 0 aliphatic heterocycles. The molecule has 6 nitrogen and oxygen atoms in total. The summed E-state index contributed by atoms with van der Waals surface area (Å²) in [6, 6.07) is -0.00842. The third-order valence-electron chi connectivity index (χ3n) is 3.26. The molecule has 2 N–H and O–H groups in total. The molecule has 0 bridgehead atoms. The van der Waals surface area contributed by atoms with E-state index in [1.807, 2.05) is 6.92 Å². The molecule has 20 heavy (non-hydrogen) atoms. The molecule has 1 aromatic rings. The number of carbonyl (C=O) groups excluding carboxylic acids is 1. The van der Waals surface area contributed by atoms with Crippen molar-refractivity contribution in [2.75, 3.05) is 44.5 Å². The van der Waals surface area contributed by atoms with Crippen molar-refractivity contribution in [2.45, 2.75) is 26.8 Å². The number of likely N-dealkylation sites (N-methyl/N-ethyl adjacent to an activating group) is 1. The predicted octanol–water partition coefficient (Wildman–Crippen LogP) is 1.68. The fourth-order valence-electron chi connectivity index (χ4n) is 1.82. The van der Waals surface area contributed by atoms with Crippen molar-refractivity contribution in [1.29, 1.82) is 0 Å². The number of carbonyl (C=O) groups is 1. The van der Waals surface area contributed by atoms with Gasteiger partial charge in [-0.3, -0.25) is 4.79 Å². The van der Waals surface area contributed by atoms with Crippen molar-refractivity contribution in [3.63, 3.8) is 0 Å². The second-order valence-corrected chi connectivity index (χ2v) is 5.58. The quantitative estimate of drug-likeness (QED) is 0.829. The van der Waals surface area contributed by atoms with Gasteiger partial charge < -0.3 is 20.3 Å². The third kappa shape index (κ3) is 3.61. The van der Waals surface area contributed by atoms with E-state index < -0.39 is 0 Å². The van der Waals surface area contributed by atoms with Crippen molar-refractivity contribution in [2.24, 2.45) is 0 Å². The minimum atomic E-state index is -0.108. The van der Waals surface area contributed by atoms with E-state index in [1.165, 1.54) is 11.3 Å². The normalized spacial score (nSPS) is 12.2. The maximum atomic E-state index is 12.4. The van der Waals surface area contributed by atoms with Crippen molar-refractivity contribution in [3.8, 4) is 0 Å². The van der Waals surface area contributed by atoms with Gasteiger partial charge in [-0.15, -0.1) is 0 Å². The van der Waals surface area contributed by atoms with Crippen molar-refractivity contribution >= 4 is 28.2 Å².